The average molecular weight is 293 g/mol. The maximum Gasteiger partial charge on any atom is 0.314 e. The zero-order valence-electron chi connectivity index (χ0n) is 13.4. The molecule has 5 heteroatoms. The van der Waals surface area contributed by atoms with E-state index in [0.717, 1.165) is 17.7 Å². The van der Waals surface area contributed by atoms with Crippen molar-refractivity contribution in [3.63, 3.8) is 0 Å². The Kier molecular flexibility index (Phi) is 6.62. The Hall–Kier alpha value is -1.62. The van der Waals surface area contributed by atoms with Gasteiger partial charge in [-0.1, -0.05) is 19.9 Å². The number of hydrogen-bond donors (Lipinski definition) is 3. The summed E-state index contributed by atoms with van der Waals surface area (Å²) in [6.07, 6.45) is 2.89. The Morgan fingerprint density at radius 1 is 1.38 bits per heavy atom. The molecule has 2 amide bonds. The number of aliphatic hydroxyl groups excluding tert-OH is 1. The van der Waals surface area contributed by atoms with Crippen LogP contribution in [0.4, 0.5) is 4.79 Å². The van der Waals surface area contributed by atoms with Crippen LogP contribution in [0.2, 0.25) is 0 Å². The molecule has 21 heavy (non-hydrogen) atoms. The first kappa shape index (κ1) is 17.4. The summed E-state index contributed by atoms with van der Waals surface area (Å²) in [7, 11) is 0. The Morgan fingerprint density at radius 2 is 2.10 bits per heavy atom. The molecule has 0 saturated heterocycles. The van der Waals surface area contributed by atoms with Crippen LogP contribution >= 0.6 is 0 Å². The Balaban J connectivity index is 2.23. The largest absolute Gasteiger partial charge is 0.393 e. The summed E-state index contributed by atoms with van der Waals surface area (Å²) in [5.41, 5.74) is 1.98. The molecule has 0 saturated carbocycles. The predicted octanol–water partition coefficient (Wildman–Crippen LogP) is 2.03. The van der Waals surface area contributed by atoms with Crippen molar-refractivity contribution in [2.75, 3.05) is 13.1 Å². The van der Waals surface area contributed by atoms with Gasteiger partial charge >= 0.3 is 6.03 Å². The monoisotopic (exact) mass is 293 g/mol. The molecule has 1 rings (SSSR count). The van der Waals surface area contributed by atoms with E-state index in [1.165, 1.54) is 0 Å². The van der Waals surface area contributed by atoms with Gasteiger partial charge in [-0.15, -0.1) is 0 Å². The minimum Gasteiger partial charge on any atom is -0.393 e. The molecule has 0 aliphatic heterocycles. The van der Waals surface area contributed by atoms with Crippen molar-refractivity contribution in [3.05, 3.63) is 29.6 Å². The van der Waals surface area contributed by atoms with Crippen LogP contribution in [0, 0.1) is 12.3 Å². The topological polar surface area (TPSA) is 74.2 Å². The first-order valence-corrected chi connectivity index (χ1v) is 7.40. The number of pyridine rings is 1. The van der Waals surface area contributed by atoms with Crippen molar-refractivity contribution in [1.29, 1.82) is 0 Å². The lowest BCUT2D eigenvalue weighted by Gasteiger charge is -2.26. The number of rotatable bonds is 7. The van der Waals surface area contributed by atoms with Crippen LogP contribution in [0.3, 0.4) is 0 Å². The van der Waals surface area contributed by atoms with Crippen molar-refractivity contribution in [2.24, 2.45) is 5.41 Å². The lowest BCUT2D eigenvalue weighted by atomic mass is 9.87. The summed E-state index contributed by atoms with van der Waals surface area (Å²) in [4.78, 5) is 15.9. The second-order valence-electron chi connectivity index (χ2n) is 6.38. The third-order valence-corrected chi connectivity index (χ3v) is 3.25. The molecule has 118 valence electrons. The molecule has 1 unspecified atom stereocenters. The van der Waals surface area contributed by atoms with Crippen LogP contribution in [0.5, 0.6) is 0 Å². The highest BCUT2D eigenvalue weighted by Crippen LogP contribution is 2.20. The summed E-state index contributed by atoms with van der Waals surface area (Å²) in [6, 6.07) is 3.82. The fraction of sp³-hybridized carbons (Fsp3) is 0.625. The molecule has 1 aromatic heterocycles. The number of aryl methyl sites for hydroxylation is 1. The van der Waals surface area contributed by atoms with Crippen LogP contribution in [-0.4, -0.2) is 35.3 Å². The Morgan fingerprint density at radius 3 is 2.67 bits per heavy atom. The predicted molar refractivity (Wildman–Crippen MR) is 84.2 cm³/mol. The Bertz CT molecular complexity index is 441. The van der Waals surface area contributed by atoms with E-state index in [2.05, 4.69) is 15.6 Å². The molecule has 0 spiro atoms. The van der Waals surface area contributed by atoms with E-state index < -0.39 is 0 Å². The fourth-order valence-electron chi connectivity index (χ4n) is 2.22. The van der Waals surface area contributed by atoms with Crippen molar-refractivity contribution < 1.29 is 9.90 Å². The van der Waals surface area contributed by atoms with Crippen LogP contribution in [0.1, 0.15) is 38.4 Å². The highest BCUT2D eigenvalue weighted by molar-refractivity contribution is 5.73. The molecule has 1 heterocycles. The van der Waals surface area contributed by atoms with E-state index in [0.29, 0.717) is 19.5 Å². The Labute approximate surface area is 127 Å². The number of urea groups is 1. The zero-order chi connectivity index (χ0) is 15.9. The van der Waals surface area contributed by atoms with Gasteiger partial charge in [0.15, 0.2) is 0 Å². The summed E-state index contributed by atoms with van der Waals surface area (Å²) in [6.45, 7) is 8.88. The number of aromatic nitrogens is 1. The van der Waals surface area contributed by atoms with Gasteiger partial charge in [0.05, 0.1) is 6.10 Å². The number of aliphatic hydroxyl groups is 1. The first-order valence-electron chi connectivity index (χ1n) is 7.40. The van der Waals surface area contributed by atoms with Crippen molar-refractivity contribution >= 4 is 6.03 Å². The summed E-state index contributed by atoms with van der Waals surface area (Å²) >= 11 is 0. The summed E-state index contributed by atoms with van der Waals surface area (Å²) in [5.74, 6) is 0. The molecule has 1 atom stereocenters. The minimum absolute atomic E-state index is 0.119. The standard InChI is InChI=1S/C16H27N3O2/c1-12-5-6-14(10-18-12)7-8-17-15(21)19-11-16(3,4)9-13(2)20/h5-6,10,13,20H,7-9,11H2,1-4H3,(H2,17,19,21). The van der Waals surface area contributed by atoms with Gasteiger partial charge in [-0.3, -0.25) is 4.98 Å². The number of carbonyl (C=O) groups is 1. The normalized spacial score (nSPS) is 12.8. The first-order chi connectivity index (χ1) is 9.78. The third kappa shape index (κ3) is 7.66. The van der Waals surface area contributed by atoms with E-state index in [9.17, 15) is 9.90 Å². The summed E-state index contributed by atoms with van der Waals surface area (Å²) in [5, 5.41) is 15.1. The number of nitrogens with zero attached hydrogens (tertiary/aromatic N) is 1. The molecule has 5 nitrogen and oxygen atoms in total. The lowest BCUT2D eigenvalue weighted by Crippen LogP contribution is -2.42. The van der Waals surface area contributed by atoms with Crippen LogP contribution in [0.15, 0.2) is 18.3 Å². The van der Waals surface area contributed by atoms with E-state index in [4.69, 9.17) is 0 Å². The van der Waals surface area contributed by atoms with Gasteiger partial charge in [-0.25, -0.2) is 4.79 Å². The van der Waals surface area contributed by atoms with Crippen LogP contribution in [0.25, 0.3) is 0 Å². The lowest BCUT2D eigenvalue weighted by molar-refractivity contribution is 0.129. The highest BCUT2D eigenvalue weighted by atomic mass is 16.3. The van der Waals surface area contributed by atoms with E-state index in [1.807, 2.05) is 39.1 Å². The number of nitrogens with one attached hydrogen (secondary N) is 2. The number of carbonyl (C=O) groups excluding carboxylic acids is 1. The van der Waals surface area contributed by atoms with Crippen LogP contribution in [-0.2, 0) is 6.42 Å². The molecule has 0 aromatic carbocycles. The van der Waals surface area contributed by atoms with Gasteiger partial charge in [0.1, 0.15) is 0 Å². The average Bonchev–Trinajstić information content (AvgIpc) is 2.37. The maximum atomic E-state index is 11.7. The van der Waals surface area contributed by atoms with E-state index in [-0.39, 0.29) is 17.6 Å². The fourth-order valence-corrected chi connectivity index (χ4v) is 2.22. The highest BCUT2D eigenvalue weighted by Gasteiger charge is 2.20. The van der Waals surface area contributed by atoms with Gasteiger partial charge in [-0.2, -0.15) is 0 Å². The van der Waals surface area contributed by atoms with Gasteiger partial charge in [0.25, 0.3) is 0 Å². The number of amides is 2. The smallest absolute Gasteiger partial charge is 0.314 e. The van der Waals surface area contributed by atoms with Crippen LogP contribution < -0.4 is 10.6 Å². The van der Waals surface area contributed by atoms with Gasteiger partial charge in [0.2, 0.25) is 0 Å². The molecule has 3 N–H and O–H groups in total. The molecule has 0 aliphatic rings. The third-order valence-electron chi connectivity index (χ3n) is 3.25. The number of hydrogen-bond acceptors (Lipinski definition) is 3. The molecule has 1 aromatic rings. The second-order valence-corrected chi connectivity index (χ2v) is 6.38. The molecule has 0 aliphatic carbocycles. The SMILES string of the molecule is Cc1ccc(CCNC(=O)NCC(C)(C)CC(C)O)cn1. The molecule has 0 radical (unpaired) electrons. The molecule has 0 fully saturated rings. The molecular weight excluding hydrogens is 266 g/mol. The molecular formula is C16H27N3O2. The second kappa shape index (κ2) is 7.98. The van der Waals surface area contributed by atoms with Crippen molar-refractivity contribution in [1.82, 2.24) is 15.6 Å². The van der Waals surface area contributed by atoms with Gasteiger partial charge < -0.3 is 15.7 Å². The minimum atomic E-state index is -0.362. The maximum absolute atomic E-state index is 11.7. The van der Waals surface area contributed by atoms with Crippen molar-refractivity contribution in [2.45, 2.75) is 46.6 Å². The van der Waals surface area contributed by atoms with Gasteiger partial charge in [-0.05, 0) is 43.7 Å². The van der Waals surface area contributed by atoms with Crippen molar-refractivity contribution in [3.8, 4) is 0 Å². The molecule has 0 bridgehead atoms. The van der Waals surface area contributed by atoms with E-state index >= 15 is 0 Å². The summed E-state index contributed by atoms with van der Waals surface area (Å²) < 4.78 is 0. The zero-order valence-corrected chi connectivity index (χ0v) is 13.4. The quantitative estimate of drug-likeness (QED) is 0.720. The van der Waals surface area contributed by atoms with Gasteiger partial charge in [0, 0.05) is 25.0 Å². The van der Waals surface area contributed by atoms with E-state index in [1.54, 1.807) is 6.92 Å².